The van der Waals surface area contributed by atoms with Gasteiger partial charge in [-0.1, -0.05) is 13.8 Å². The Morgan fingerprint density at radius 2 is 2.20 bits per heavy atom. The second-order valence-electron chi connectivity index (χ2n) is 3.61. The van der Waals surface area contributed by atoms with Crippen molar-refractivity contribution in [3.63, 3.8) is 0 Å². The molecule has 1 rings (SSSR count). The summed E-state index contributed by atoms with van der Waals surface area (Å²) in [6, 6.07) is 0.781. The average Bonchev–Trinajstić information content (AvgIpc) is 2.08. The average molecular weight is 227 g/mol. The number of carbonyl (C=O) groups is 1. The van der Waals surface area contributed by atoms with Crippen molar-refractivity contribution in [3.8, 4) is 0 Å². The first-order chi connectivity index (χ1) is 6.93. The number of amides is 1. The van der Waals surface area contributed by atoms with Crippen molar-refractivity contribution >= 4 is 18.1 Å². The quantitative estimate of drug-likeness (QED) is 0.741. The van der Waals surface area contributed by atoms with E-state index in [0.29, 0.717) is 0 Å². The summed E-state index contributed by atoms with van der Waals surface area (Å²) in [6.07, 6.45) is 1.48. The topological polar surface area (TPSA) is 80.9 Å². The fourth-order valence-corrected chi connectivity index (χ4v) is 1.71. The third-order valence-corrected chi connectivity index (χ3v) is 2.39. The van der Waals surface area contributed by atoms with E-state index in [2.05, 4.69) is 4.98 Å². The van der Waals surface area contributed by atoms with Crippen molar-refractivity contribution in [2.45, 2.75) is 19.9 Å². The minimum absolute atomic E-state index is 0.0140. The lowest BCUT2D eigenvalue weighted by atomic mass is 10.0. The zero-order valence-electron chi connectivity index (χ0n) is 8.56. The van der Waals surface area contributed by atoms with Crippen LogP contribution in [0, 0.1) is 10.7 Å². The van der Waals surface area contributed by atoms with Crippen molar-refractivity contribution < 1.29 is 4.79 Å². The van der Waals surface area contributed by atoms with Crippen LogP contribution in [0.5, 0.6) is 0 Å². The zero-order chi connectivity index (χ0) is 11.6. The predicted octanol–water partition coefficient (Wildman–Crippen LogP) is 0.588. The molecule has 82 valence electrons. The van der Waals surface area contributed by atoms with Gasteiger partial charge in [0.2, 0.25) is 5.91 Å². The van der Waals surface area contributed by atoms with E-state index < -0.39 is 11.9 Å². The second kappa shape index (κ2) is 4.39. The highest BCUT2D eigenvalue weighted by Gasteiger charge is 2.21. The van der Waals surface area contributed by atoms with Crippen LogP contribution in [0.25, 0.3) is 0 Å². The van der Waals surface area contributed by atoms with Gasteiger partial charge >= 0.3 is 0 Å². The summed E-state index contributed by atoms with van der Waals surface area (Å²) in [4.78, 5) is 24.6. The van der Waals surface area contributed by atoms with Crippen molar-refractivity contribution in [1.82, 2.24) is 9.55 Å². The van der Waals surface area contributed by atoms with Crippen LogP contribution in [-0.2, 0) is 4.79 Å². The molecule has 0 aliphatic carbocycles. The molecule has 1 heterocycles. The molecule has 0 spiro atoms. The molecule has 0 radical (unpaired) electrons. The van der Waals surface area contributed by atoms with E-state index in [1.54, 1.807) is 0 Å². The molecule has 6 heteroatoms. The van der Waals surface area contributed by atoms with Gasteiger partial charge in [-0.05, 0) is 18.1 Å². The van der Waals surface area contributed by atoms with Gasteiger partial charge in [-0.2, -0.15) is 0 Å². The smallest absolute Gasteiger partial charge is 0.251 e. The van der Waals surface area contributed by atoms with Crippen LogP contribution < -0.4 is 11.3 Å². The second-order valence-corrected chi connectivity index (χ2v) is 4.00. The number of hydrogen-bond acceptors (Lipinski definition) is 3. The number of rotatable bonds is 3. The van der Waals surface area contributed by atoms with E-state index in [4.69, 9.17) is 18.0 Å². The highest BCUT2D eigenvalue weighted by molar-refractivity contribution is 7.71. The van der Waals surface area contributed by atoms with Crippen LogP contribution in [0.1, 0.15) is 19.9 Å². The fraction of sp³-hybridized carbons (Fsp3) is 0.444. The summed E-state index contributed by atoms with van der Waals surface area (Å²) in [5.41, 5.74) is 4.99. The van der Waals surface area contributed by atoms with Gasteiger partial charge in [0.25, 0.3) is 5.56 Å². The molecule has 1 unspecified atom stereocenters. The Balaban J connectivity index is 3.30. The summed E-state index contributed by atoms with van der Waals surface area (Å²) in [5.74, 6) is -0.451. The molecule has 0 aliphatic heterocycles. The minimum Gasteiger partial charge on any atom is -0.368 e. The van der Waals surface area contributed by atoms with Gasteiger partial charge < -0.3 is 10.3 Å². The minimum atomic E-state index is -0.533. The maximum atomic E-state index is 11.2. The lowest BCUT2D eigenvalue weighted by Crippen LogP contribution is -2.32. The Morgan fingerprint density at radius 1 is 1.60 bits per heavy atom. The number of hydrogen-bond donors (Lipinski definition) is 2. The third-order valence-electron chi connectivity index (χ3n) is 2.07. The van der Waals surface area contributed by atoms with Crippen LogP contribution in [0.2, 0.25) is 0 Å². The largest absolute Gasteiger partial charge is 0.368 e. The Labute approximate surface area is 91.9 Å². The van der Waals surface area contributed by atoms with Gasteiger partial charge in [-0.25, -0.2) is 0 Å². The van der Waals surface area contributed by atoms with Gasteiger partial charge in [-0.3, -0.25) is 14.6 Å². The standard InChI is InChI=1S/C9H13N3O2S/c1-5(2)7(8(10)14)12-4-3-6(13)11-9(12)15/h3-5,7H,1-2H3,(H2,10,14)(H,11,13,15). The number of nitrogens with two attached hydrogens (primary N) is 1. The summed E-state index contributed by atoms with van der Waals surface area (Å²) in [5, 5.41) is 0. The van der Waals surface area contributed by atoms with Gasteiger partial charge in [0.15, 0.2) is 4.77 Å². The van der Waals surface area contributed by atoms with Crippen molar-refractivity contribution in [3.05, 3.63) is 27.4 Å². The van der Waals surface area contributed by atoms with Gasteiger partial charge in [0, 0.05) is 12.3 Å². The summed E-state index contributed by atoms with van der Waals surface area (Å²) >= 11 is 4.95. The van der Waals surface area contributed by atoms with Crippen molar-refractivity contribution in [2.75, 3.05) is 0 Å². The van der Waals surface area contributed by atoms with Gasteiger partial charge in [0.1, 0.15) is 6.04 Å². The monoisotopic (exact) mass is 227 g/mol. The molecule has 1 amide bonds. The Hall–Kier alpha value is -1.43. The lowest BCUT2D eigenvalue weighted by Gasteiger charge is -2.20. The number of carbonyl (C=O) groups excluding carboxylic acids is 1. The van der Waals surface area contributed by atoms with Gasteiger partial charge in [-0.15, -0.1) is 0 Å². The Morgan fingerprint density at radius 3 is 2.60 bits per heavy atom. The molecule has 0 fully saturated rings. The zero-order valence-corrected chi connectivity index (χ0v) is 9.38. The first-order valence-electron chi connectivity index (χ1n) is 4.54. The summed E-state index contributed by atoms with van der Waals surface area (Å²) in [7, 11) is 0. The molecule has 0 saturated carbocycles. The molecular weight excluding hydrogens is 214 g/mol. The first kappa shape index (κ1) is 11.6. The number of aromatic nitrogens is 2. The highest BCUT2D eigenvalue weighted by atomic mass is 32.1. The summed E-state index contributed by atoms with van der Waals surface area (Å²) < 4.78 is 1.71. The molecule has 1 aromatic heterocycles. The fourth-order valence-electron chi connectivity index (χ4n) is 1.43. The maximum absolute atomic E-state index is 11.2. The normalized spacial score (nSPS) is 12.7. The molecule has 0 aromatic carbocycles. The third kappa shape index (κ3) is 2.53. The van der Waals surface area contributed by atoms with Crippen LogP contribution in [-0.4, -0.2) is 15.5 Å². The number of primary amides is 1. The molecule has 15 heavy (non-hydrogen) atoms. The Kier molecular flexibility index (Phi) is 3.41. The molecule has 1 atom stereocenters. The number of H-pyrrole nitrogens is 1. The van der Waals surface area contributed by atoms with E-state index in [-0.39, 0.29) is 16.2 Å². The van der Waals surface area contributed by atoms with E-state index in [0.717, 1.165) is 0 Å². The molecular formula is C9H13N3O2S. The molecule has 1 aromatic rings. The van der Waals surface area contributed by atoms with Crippen LogP contribution >= 0.6 is 12.2 Å². The molecule has 0 saturated heterocycles. The van der Waals surface area contributed by atoms with E-state index in [9.17, 15) is 9.59 Å². The van der Waals surface area contributed by atoms with E-state index >= 15 is 0 Å². The van der Waals surface area contributed by atoms with E-state index in [1.165, 1.54) is 16.8 Å². The number of nitrogens with zero attached hydrogens (tertiary/aromatic N) is 1. The highest BCUT2D eigenvalue weighted by Crippen LogP contribution is 2.16. The maximum Gasteiger partial charge on any atom is 0.251 e. The number of aromatic amines is 1. The molecule has 0 bridgehead atoms. The lowest BCUT2D eigenvalue weighted by molar-refractivity contribution is -0.122. The van der Waals surface area contributed by atoms with E-state index in [1.807, 2.05) is 13.8 Å². The SMILES string of the molecule is CC(C)C(C(N)=O)n1ccc(=O)[nH]c1=S. The van der Waals surface area contributed by atoms with Crippen molar-refractivity contribution in [2.24, 2.45) is 11.7 Å². The van der Waals surface area contributed by atoms with Crippen LogP contribution in [0.3, 0.4) is 0 Å². The van der Waals surface area contributed by atoms with Crippen molar-refractivity contribution in [1.29, 1.82) is 0 Å². The van der Waals surface area contributed by atoms with Crippen LogP contribution in [0.15, 0.2) is 17.1 Å². The predicted molar refractivity (Wildman–Crippen MR) is 59.0 cm³/mol. The first-order valence-corrected chi connectivity index (χ1v) is 4.95. The molecule has 5 nitrogen and oxygen atoms in total. The Bertz CT molecular complexity index is 475. The van der Waals surface area contributed by atoms with Gasteiger partial charge in [0.05, 0.1) is 0 Å². The molecule has 3 N–H and O–H groups in total. The number of nitrogens with one attached hydrogen (secondary N) is 1. The summed E-state index contributed by atoms with van der Waals surface area (Å²) in [6.45, 7) is 3.73. The van der Waals surface area contributed by atoms with Crippen LogP contribution in [0.4, 0.5) is 0 Å². The molecule has 0 aliphatic rings.